The topological polar surface area (TPSA) is 29.5 Å². The van der Waals surface area contributed by atoms with Gasteiger partial charge in [0.05, 0.1) is 0 Å². The molecular weight excluding hydrogens is 139 g/mol. The number of hydrogen-bond donors (Lipinski definition) is 1. The molecule has 0 amide bonds. The zero-order valence-electron chi connectivity index (χ0n) is 5.95. The molecule has 0 heterocycles. The van der Waals surface area contributed by atoms with E-state index in [1.807, 2.05) is 30.3 Å². The molecule has 0 bridgehead atoms. The van der Waals surface area contributed by atoms with Crippen molar-refractivity contribution in [3.63, 3.8) is 0 Å². The van der Waals surface area contributed by atoms with Gasteiger partial charge in [0.2, 0.25) is 0 Å². The van der Waals surface area contributed by atoms with Crippen LogP contribution in [0.3, 0.4) is 0 Å². The molecule has 0 aromatic heterocycles. The molecule has 1 radical (unpaired) electrons. The van der Waals surface area contributed by atoms with Crippen molar-refractivity contribution in [2.45, 2.75) is 6.61 Å². The summed E-state index contributed by atoms with van der Waals surface area (Å²) < 4.78 is 0. The minimum absolute atomic E-state index is 0. The van der Waals surface area contributed by atoms with Crippen molar-refractivity contribution in [3.05, 3.63) is 35.9 Å². The van der Waals surface area contributed by atoms with Crippen molar-refractivity contribution in [2.75, 3.05) is 0 Å². The predicted molar refractivity (Wildman–Crippen MR) is 39.6 cm³/mol. The Morgan fingerprint density at radius 1 is 1.20 bits per heavy atom. The van der Waals surface area contributed by atoms with E-state index < -0.39 is 0 Å². The Bertz CT molecular complexity index is 165. The van der Waals surface area contributed by atoms with Gasteiger partial charge in [0.25, 0.3) is 0 Å². The molecule has 0 fully saturated rings. The van der Waals surface area contributed by atoms with Crippen molar-refractivity contribution in [1.82, 2.24) is 0 Å². The van der Waals surface area contributed by atoms with Crippen LogP contribution < -0.4 is 0 Å². The van der Waals surface area contributed by atoms with Gasteiger partial charge < -0.3 is 0 Å². The van der Waals surface area contributed by atoms with Gasteiger partial charge in [-0.1, -0.05) is 30.3 Å². The molecule has 1 aromatic carbocycles. The van der Waals surface area contributed by atoms with E-state index in [4.69, 9.17) is 5.26 Å². The fourth-order valence-corrected chi connectivity index (χ4v) is 0.649. The molecule has 0 atom stereocenters. The van der Waals surface area contributed by atoms with Gasteiger partial charge in [-0.15, -0.1) is 0 Å². The van der Waals surface area contributed by atoms with Gasteiger partial charge in [-0.3, -0.25) is 5.26 Å². The molecule has 0 aliphatic rings. The summed E-state index contributed by atoms with van der Waals surface area (Å²) in [5.41, 5.74) is 0.972. The summed E-state index contributed by atoms with van der Waals surface area (Å²) in [7, 11) is 0. The molecule has 49 valence electrons. The Morgan fingerprint density at radius 2 is 1.80 bits per heavy atom. The summed E-state index contributed by atoms with van der Waals surface area (Å²) >= 11 is 0. The number of benzene rings is 1. The second-order valence-electron chi connectivity index (χ2n) is 1.76. The molecule has 2 nitrogen and oxygen atoms in total. The molecule has 10 heavy (non-hydrogen) atoms. The molecule has 1 N–H and O–H groups in total. The smallest absolute Gasteiger partial charge is 0.107 e. The van der Waals surface area contributed by atoms with Crippen molar-refractivity contribution in [2.24, 2.45) is 0 Å². The van der Waals surface area contributed by atoms with Crippen LogP contribution in [-0.4, -0.2) is 34.8 Å². The summed E-state index contributed by atoms with van der Waals surface area (Å²) in [5.74, 6) is 0. The summed E-state index contributed by atoms with van der Waals surface area (Å²) in [6.07, 6.45) is 0. The Hall–Kier alpha value is 0.140. The third-order valence-electron chi connectivity index (χ3n) is 1.07. The van der Waals surface area contributed by atoms with E-state index >= 15 is 0 Å². The van der Waals surface area contributed by atoms with Gasteiger partial charge in [-0.2, -0.15) is 0 Å². The van der Waals surface area contributed by atoms with E-state index in [-0.39, 0.29) is 36.2 Å². The van der Waals surface area contributed by atoms with Crippen LogP contribution in [-0.2, 0) is 11.5 Å². The molecule has 0 saturated heterocycles. The van der Waals surface area contributed by atoms with Crippen LogP contribution in [0.1, 0.15) is 5.56 Å². The van der Waals surface area contributed by atoms with Crippen molar-refractivity contribution < 1.29 is 10.1 Å². The van der Waals surface area contributed by atoms with Gasteiger partial charge in [-0.05, 0) is 5.56 Å². The summed E-state index contributed by atoms with van der Waals surface area (Å²) in [4.78, 5) is 3.93. The fourth-order valence-electron chi connectivity index (χ4n) is 0.649. The molecule has 0 aliphatic carbocycles. The summed E-state index contributed by atoms with van der Waals surface area (Å²) in [6, 6.07) is 9.48. The first-order valence-electron chi connectivity index (χ1n) is 2.74. The van der Waals surface area contributed by atoms with Gasteiger partial charge >= 0.3 is 0 Å². The van der Waals surface area contributed by atoms with Crippen LogP contribution in [0.2, 0.25) is 0 Å². The average Bonchev–Trinajstić information content (AvgIpc) is 1.91. The second kappa shape index (κ2) is 5.89. The third-order valence-corrected chi connectivity index (χ3v) is 1.07. The van der Waals surface area contributed by atoms with Gasteiger partial charge in [0, 0.05) is 29.6 Å². The first-order chi connectivity index (χ1) is 4.43. The Morgan fingerprint density at radius 3 is 2.30 bits per heavy atom. The molecule has 1 rings (SSSR count). The van der Waals surface area contributed by atoms with E-state index in [0.717, 1.165) is 5.56 Å². The molecule has 0 saturated carbocycles. The summed E-state index contributed by atoms with van der Waals surface area (Å²) in [5, 5.41) is 8.02. The Balaban J connectivity index is 0.000000810. The normalized spacial score (nSPS) is 8.50. The first kappa shape index (κ1) is 10.1. The largest absolute Gasteiger partial charge is 0.251 e. The van der Waals surface area contributed by atoms with Crippen LogP contribution in [0, 0.1) is 0 Å². The standard InChI is InChI=1S/C7H8O2.Na/c8-9-6-7-4-2-1-3-5-7;/h1-5,8H,6H2;. The SMILES string of the molecule is OOCc1ccccc1.[Na]. The Kier molecular flexibility index (Phi) is 5.97. The fraction of sp³-hybridized carbons (Fsp3) is 0.143. The maximum absolute atomic E-state index is 8.02. The molecule has 0 unspecified atom stereocenters. The predicted octanol–water partition coefficient (Wildman–Crippen LogP) is 1.30. The monoisotopic (exact) mass is 147 g/mol. The maximum Gasteiger partial charge on any atom is 0.107 e. The van der Waals surface area contributed by atoms with Gasteiger partial charge in [0.1, 0.15) is 6.61 Å². The van der Waals surface area contributed by atoms with Crippen LogP contribution in [0.25, 0.3) is 0 Å². The van der Waals surface area contributed by atoms with E-state index in [0.29, 0.717) is 0 Å². The molecule has 3 heteroatoms. The molecule has 0 aliphatic heterocycles. The van der Waals surface area contributed by atoms with Crippen molar-refractivity contribution in [3.8, 4) is 0 Å². The van der Waals surface area contributed by atoms with Crippen LogP contribution in [0.15, 0.2) is 30.3 Å². The maximum atomic E-state index is 8.02. The van der Waals surface area contributed by atoms with Crippen LogP contribution in [0.4, 0.5) is 0 Å². The second-order valence-corrected chi connectivity index (χ2v) is 1.76. The van der Waals surface area contributed by atoms with E-state index in [9.17, 15) is 0 Å². The van der Waals surface area contributed by atoms with Crippen molar-refractivity contribution >= 4 is 29.6 Å². The van der Waals surface area contributed by atoms with E-state index in [1.165, 1.54) is 0 Å². The minimum atomic E-state index is 0. The van der Waals surface area contributed by atoms with Crippen LogP contribution in [0.5, 0.6) is 0 Å². The number of hydrogen-bond acceptors (Lipinski definition) is 2. The average molecular weight is 147 g/mol. The van der Waals surface area contributed by atoms with Crippen LogP contribution >= 0.6 is 0 Å². The minimum Gasteiger partial charge on any atom is -0.251 e. The molecule has 1 aromatic rings. The zero-order valence-corrected chi connectivity index (χ0v) is 7.95. The molecular formula is C7H8NaO2. The Labute approximate surface area is 82.0 Å². The van der Waals surface area contributed by atoms with Crippen molar-refractivity contribution in [1.29, 1.82) is 0 Å². The van der Waals surface area contributed by atoms with Gasteiger partial charge in [0.15, 0.2) is 0 Å². The van der Waals surface area contributed by atoms with E-state index in [1.54, 1.807) is 0 Å². The zero-order chi connectivity index (χ0) is 6.53. The summed E-state index contributed by atoms with van der Waals surface area (Å²) in [6.45, 7) is 0.265. The number of rotatable bonds is 2. The quantitative estimate of drug-likeness (QED) is 0.388. The van der Waals surface area contributed by atoms with Gasteiger partial charge in [-0.25, -0.2) is 4.89 Å². The first-order valence-corrected chi connectivity index (χ1v) is 2.74. The van der Waals surface area contributed by atoms with E-state index in [2.05, 4.69) is 4.89 Å². The third kappa shape index (κ3) is 3.34. The molecule has 0 spiro atoms.